The van der Waals surface area contributed by atoms with E-state index in [1.54, 1.807) is 48.5 Å². The van der Waals surface area contributed by atoms with Gasteiger partial charge in [-0.15, -0.1) is 12.4 Å². The van der Waals surface area contributed by atoms with Crippen molar-refractivity contribution in [1.29, 1.82) is 0 Å². The molecule has 6 nitrogen and oxygen atoms in total. The molecule has 0 aliphatic heterocycles. The molecule has 29 heavy (non-hydrogen) atoms. The minimum absolute atomic E-state index is 0. The minimum Gasteiger partial charge on any atom is -0.385 e. The molecule has 0 amide bonds. The maximum absolute atomic E-state index is 6.15. The molecule has 0 spiro atoms. The number of hydrogen-bond acceptors (Lipinski definition) is 4. The third-order valence-electron chi connectivity index (χ3n) is 3.96. The monoisotopic (exact) mass is 458 g/mol. The van der Waals surface area contributed by atoms with E-state index >= 15 is 0 Å². The van der Waals surface area contributed by atoms with Gasteiger partial charge in [0, 0.05) is 12.9 Å². The van der Waals surface area contributed by atoms with Gasteiger partial charge in [-0.3, -0.25) is 0 Å². The largest absolute Gasteiger partial charge is 0.385 e. The van der Waals surface area contributed by atoms with Gasteiger partial charge in [-0.05, 0) is 76.2 Å². The molecule has 0 saturated carbocycles. The van der Waals surface area contributed by atoms with E-state index in [-0.39, 0.29) is 15.3 Å². The van der Waals surface area contributed by atoms with Crippen molar-refractivity contribution in [2.45, 2.75) is 38.8 Å². The lowest BCUT2D eigenvalue weighted by atomic mass is 10.0. The van der Waals surface area contributed by atoms with Crippen LogP contribution in [0.15, 0.2) is 68.7 Å². The van der Waals surface area contributed by atoms with Gasteiger partial charge in [0.05, 0.1) is 11.4 Å². The fourth-order valence-electron chi connectivity index (χ4n) is 1.94. The zero-order chi connectivity index (χ0) is 20.9. The highest BCUT2D eigenvalue weighted by molar-refractivity contribution is 6.30. The Labute approximate surface area is 190 Å². The highest BCUT2D eigenvalue weighted by Crippen LogP contribution is 2.22. The summed E-state index contributed by atoms with van der Waals surface area (Å²) < 4.78 is 0. The summed E-state index contributed by atoms with van der Waals surface area (Å²) in [6, 6.07) is 14.1. The van der Waals surface area contributed by atoms with Gasteiger partial charge in [-0.1, -0.05) is 23.2 Å². The first kappa shape index (κ1) is 24.9. The van der Waals surface area contributed by atoms with Crippen LogP contribution in [0.2, 0.25) is 10.0 Å². The highest BCUT2D eigenvalue weighted by atomic mass is 35.5. The number of nitrogens with two attached hydrogens (primary N) is 2. The van der Waals surface area contributed by atoms with E-state index in [4.69, 9.17) is 34.7 Å². The second-order valence-electron chi connectivity index (χ2n) is 7.26. The van der Waals surface area contributed by atoms with Crippen LogP contribution in [0.1, 0.15) is 30.5 Å². The summed E-state index contributed by atoms with van der Waals surface area (Å²) in [5.41, 5.74) is 12.0. The van der Waals surface area contributed by atoms with Gasteiger partial charge in [-0.25, -0.2) is 9.98 Å². The summed E-state index contributed by atoms with van der Waals surface area (Å²) >= 11 is 11.8. The standard InChI is InChI=1S/C20H24Cl2N6.ClH.2H2/c1-19(2,17(23)25-15-9-5-13(21)6-10-15)27-28-20(3,4)18(24)26-16-11-7-14(22)8-12-16;;;/h5-12H,1-4H3,(H2,23,25)(H2,24,26);3*1H. The van der Waals surface area contributed by atoms with Gasteiger partial charge < -0.3 is 11.5 Å². The Balaban J connectivity index is 0. The number of benzene rings is 2. The first-order valence-corrected chi connectivity index (χ1v) is 9.40. The van der Waals surface area contributed by atoms with E-state index in [0.717, 1.165) is 0 Å². The summed E-state index contributed by atoms with van der Waals surface area (Å²) in [7, 11) is 0. The Morgan fingerprint density at radius 3 is 1.24 bits per heavy atom. The topological polar surface area (TPSA) is 101 Å². The van der Waals surface area contributed by atoms with E-state index in [2.05, 4.69) is 20.2 Å². The third-order valence-corrected chi connectivity index (χ3v) is 4.46. The van der Waals surface area contributed by atoms with E-state index < -0.39 is 11.1 Å². The predicted molar refractivity (Wildman–Crippen MR) is 130 cm³/mol. The van der Waals surface area contributed by atoms with Gasteiger partial charge >= 0.3 is 0 Å². The third kappa shape index (κ3) is 7.31. The Kier molecular flexibility index (Phi) is 8.63. The van der Waals surface area contributed by atoms with Crippen LogP contribution < -0.4 is 11.5 Å². The van der Waals surface area contributed by atoms with E-state index in [1.807, 2.05) is 27.7 Å². The van der Waals surface area contributed by atoms with Gasteiger partial charge in [0.1, 0.15) is 22.7 Å². The van der Waals surface area contributed by atoms with Crippen molar-refractivity contribution in [1.82, 2.24) is 0 Å². The van der Waals surface area contributed by atoms with Crippen molar-refractivity contribution in [3.63, 3.8) is 0 Å². The minimum atomic E-state index is -0.822. The molecular weight excluding hydrogens is 431 g/mol. The van der Waals surface area contributed by atoms with Gasteiger partial charge in [0.15, 0.2) is 0 Å². The van der Waals surface area contributed by atoms with Crippen LogP contribution in [0.3, 0.4) is 0 Å². The molecule has 0 aliphatic carbocycles. The van der Waals surface area contributed by atoms with Crippen molar-refractivity contribution >= 4 is 58.7 Å². The van der Waals surface area contributed by atoms with Crippen LogP contribution in [0.5, 0.6) is 0 Å². The molecule has 0 bridgehead atoms. The molecule has 2 rings (SSSR count). The molecule has 160 valence electrons. The second kappa shape index (κ2) is 10.1. The lowest BCUT2D eigenvalue weighted by Gasteiger charge is -2.22. The number of hydrogen-bond donors (Lipinski definition) is 2. The Hall–Kier alpha value is -2.15. The summed E-state index contributed by atoms with van der Waals surface area (Å²) in [5.74, 6) is 0.644. The molecule has 0 heterocycles. The molecule has 0 fully saturated rings. The molecule has 9 heteroatoms. The Bertz CT molecular complexity index is 836. The van der Waals surface area contributed by atoms with Crippen molar-refractivity contribution < 1.29 is 2.85 Å². The number of halogens is 3. The van der Waals surface area contributed by atoms with E-state index in [1.165, 1.54) is 0 Å². The highest BCUT2D eigenvalue weighted by Gasteiger charge is 2.27. The average molecular weight is 460 g/mol. The number of aliphatic imine (C=N–C) groups is 2. The van der Waals surface area contributed by atoms with Gasteiger partial charge in [-0.2, -0.15) is 10.2 Å². The number of azo groups is 1. The van der Waals surface area contributed by atoms with Crippen molar-refractivity contribution in [2.75, 3.05) is 0 Å². The van der Waals surface area contributed by atoms with Crippen LogP contribution >= 0.6 is 35.6 Å². The fourth-order valence-corrected chi connectivity index (χ4v) is 2.19. The zero-order valence-electron chi connectivity index (χ0n) is 16.7. The van der Waals surface area contributed by atoms with Crippen LogP contribution in [0.25, 0.3) is 0 Å². The zero-order valence-corrected chi connectivity index (χ0v) is 19.1. The van der Waals surface area contributed by atoms with Crippen LogP contribution in [-0.2, 0) is 0 Å². The molecular formula is C20H29Cl3N6. The maximum Gasteiger partial charge on any atom is 0.133 e. The van der Waals surface area contributed by atoms with Crippen molar-refractivity contribution in [3.8, 4) is 0 Å². The molecule has 0 unspecified atom stereocenters. The fraction of sp³-hybridized carbons (Fsp3) is 0.300. The molecule has 2 aromatic carbocycles. The lowest BCUT2D eigenvalue weighted by Crippen LogP contribution is -2.39. The summed E-state index contributed by atoms with van der Waals surface area (Å²) in [4.78, 5) is 8.80. The normalized spacial score (nSPS) is 13.4. The van der Waals surface area contributed by atoms with E-state index in [0.29, 0.717) is 33.1 Å². The molecule has 0 aromatic heterocycles. The average Bonchev–Trinajstić information content (AvgIpc) is 2.64. The lowest BCUT2D eigenvalue weighted by molar-refractivity contribution is 0.560. The smallest absolute Gasteiger partial charge is 0.133 e. The number of nitrogens with zero attached hydrogens (tertiary/aromatic N) is 4. The van der Waals surface area contributed by atoms with Crippen molar-refractivity contribution in [2.24, 2.45) is 31.7 Å². The van der Waals surface area contributed by atoms with Crippen LogP contribution in [0, 0.1) is 0 Å². The van der Waals surface area contributed by atoms with Gasteiger partial charge in [0.25, 0.3) is 0 Å². The Morgan fingerprint density at radius 1 is 0.690 bits per heavy atom. The predicted octanol–water partition coefficient (Wildman–Crippen LogP) is 6.59. The quantitative estimate of drug-likeness (QED) is 0.289. The molecule has 0 atom stereocenters. The molecule has 0 radical (unpaired) electrons. The molecule has 2 aromatic rings. The number of rotatable bonds is 6. The summed E-state index contributed by atoms with van der Waals surface area (Å²) in [5, 5.41) is 10.0. The van der Waals surface area contributed by atoms with Crippen LogP contribution in [0.4, 0.5) is 11.4 Å². The summed E-state index contributed by atoms with van der Waals surface area (Å²) in [6.07, 6.45) is 0. The van der Waals surface area contributed by atoms with E-state index in [9.17, 15) is 0 Å². The second-order valence-corrected chi connectivity index (χ2v) is 8.14. The number of amidine groups is 2. The first-order valence-electron chi connectivity index (χ1n) is 8.64. The Morgan fingerprint density at radius 2 is 0.966 bits per heavy atom. The summed E-state index contributed by atoms with van der Waals surface area (Å²) in [6.45, 7) is 7.31. The molecule has 0 aliphatic rings. The maximum atomic E-state index is 6.15. The molecule has 0 saturated heterocycles. The van der Waals surface area contributed by atoms with Crippen molar-refractivity contribution in [3.05, 3.63) is 58.6 Å². The van der Waals surface area contributed by atoms with Gasteiger partial charge in [0.2, 0.25) is 0 Å². The molecule has 4 N–H and O–H groups in total. The SMILES string of the molecule is CC(C)(N=NC(C)(C)C(N)=Nc1ccc(Cl)cc1)C(N)=Nc1ccc(Cl)cc1.Cl.[HH].[HH]. The first-order chi connectivity index (χ1) is 13.0. The van der Waals surface area contributed by atoms with Crippen LogP contribution in [-0.4, -0.2) is 22.7 Å².